The van der Waals surface area contributed by atoms with E-state index in [4.69, 9.17) is 9.81 Å². The van der Waals surface area contributed by atoms with Crippen LogP contribution in [0.15, 0.2) is 10.7 Å². The van der Waals surface area contributed by atoms with Gasteiger partial charge >= 0.3 is 11.9 Å². The van der Waals surface area contributed by atoms with Gasteiger partial charge in [-0.15, -0.1) is 9.81 Å². The molecule has 0 rings (SSSR count). The summed E-state index contributed by atoms with van der Waals surface area (Å²) in [5.74, 6) is -3.40. The molecule has 0 spiro atoms. The summed E-state index contributed by atoms with van der Waals surface area (Å²) in [5, 5.41) is 3.19. The molecule has 0 aromatic heterocycles. The zero-order valence-electron chi connectivity index (χ0n) is 5.05. The van der Waals surface area contributed by atoms with E-state index in [2.05, 4.69) is 9.68 Å². The van der Waals surface area contributed by atoms with E-state index in [0.717, 1.165) is 0 Å². The summed E-state index contributed by atoms with van der Waals surface area (Å²) in [6.07, 6.45) is 0. The summed E-state index contributed by atoms with van der Waals surface area (Å²) in [5.41, 5.74) is 0. The van der Waals surface area contributed by atoms with Crippen LogP contribution in [0.25, 0.3) is 0 Å². The van der Waals surface area contributed by atoms with Gasteiger partial charge in [-0.3, -0.25) is 9.68 Å². The highest BCUT2D eigenvalue weighted by molar-refractivity contribution is 6.29. The van der Waals surface area contributed by atoms with E-state index in [1.807, 2.05) is 0 Å². The topological polar surface area (TPSA) is 146 Å². The van der Waals surface area contributed by atoms with Crippen LogP contribution < -0.4 is 6.15 Å². The van der Waals surface area contributed by atoms with E-state index < -0.39 is 11.9 Å². The molecule has 11 heavy (non-hydrogen) atoms. The van der Waals surface area contributed by atoms with Crippen LogP contribution in [-0.2, 0) is 19.3 Å². The summed E-state index contributed by atoms with van der Waals surface area (Å²) in [6.45, 7) is 0. The zero-order chi connectivity index (χ0) is 7.98. The predicted octanol–water partition coefficient (Wildman–Crippen LogP) is -0.402. The van der Waals surface area contributed by atoms with Gasteiger partial charge in [0.2, 0.25) is 0 Å². The second kappa shape index (κ2) is 6.22. The van der Waals surface area contributed by atoms with Gasteiger partial charge in [0.05, 0.1) is 0 Å². The summed E-state index contributed by atoms with van der Waals surface area (Å²) < 4.78 is 0. The Hall–Kier alpha value is -1.90. The maximum Gasteiger partial charge on any atom is 0.448 e. The Bertz CT molecular complexity index is 157. The van der Waals surface area contributed by atoms with Gasteiger partial charge in [0.15, 0.2) is 10.7 Å². The Labute approximate surface area is 59.1 Å². The average molecular weight is 165 g/mol. The quantitative estimate of drug-likeness (QED) is 0.332. The van der Waals surface area contributed by atoms with Crippen LogP contribution in [0.5, 0.6) is 0 Å². The standard InChI is InChI=1S/C2N2O6.H3N/c5-1(9-3-7)2(6)10-4-8;/h;1H3. The lowest BCUT2D eigenvalue weighted by molar-refractivity contribution is -0.168. The fourth-order valence-corrected chi connectivity index (χ4v) is 0.142. The van der Waals surface area contributed by atoms with Gasteiger partial charge in [-0.05, 0) is 0 Å². The molecule has 0 bridgehead atoms. The molecule has 0 atom stereocenters. The van der Waals surface area contributed by atoms with Gasteiger partial charge in [-0.2, -0.15) is 0 Å². The number of carbonyl (C=O) groups excluding carboxylic acids is 2. The van der Waals surface area contributed by atoms with Crippen molar-refractivity contribution in [1.29, 1.82) is 0 Å². The third-order valence-electron chi connectivity index (χ3n) is 0.407. The van der Waals surface area contributed by atoms with Crippen molar-refractivity contribution in [2.45, 2.75) is 0 Å². The number of carbonyl (C=O) groups is 2. The highest BCUT2D eigenvalue weighted by Crippen LogP contribution is 1.84. The van der Waals surface area contributed by atoms with E-state index >= 15 is 0 Å². The fourth-order valence-electron chi connectivity index (χ4n) is 0.142. The van der Waals surface area contributed by atoms with Crippen LogP contribution in [0.4, 0.5) is 0 Å². The van der Waals surface area contributed by atoms with Crippen molar-refractivity contribution in [3.8, 4) is 0 Å². The van der Waals surface area contributed by atoms with Crippen molar-refractivity contribution < 1.29 is 19.3 Å². The smallest absolute Gasteiger partial charge is 0.344 e. The molecule has 0 heterocycles. The third kappa shape index (κ3) is 4.59. The molecule has 0 aliphatic carbocycles. The van der Waals surface area contributed by atoms with E-state index in [9.17, 15) is 9.59 Å². The Kier molecular flexibility index (Phi) is 6.70. The Morgan fingerprint density at radius 3 is 1.36 bits per heavy atom. The van der Waals surface area contributed by atoms with Crippen molar-refractivity contribution in [1.82, 2.24) is 6.15 Å². The minimum absolute atomic E-state index is 0. The first-order valence-electron chi connectivity index (χ1n) is 1.80. The lowest BCUT2D eigenvalue weighted by Crippen LogP contribution is -2.15. The average Bonchev–Trinajstić information content (AvgIpc) is 1.89. The Morgan fingerprint density at radius 1 is 0.909 bits per heavy atom. The SMILES string of the molecule is N.O=NOC(=O)C(=O)ON=O. The molecule has 0 radical (unpaired) electrons. The largest absolute Gasteiger partial charge is 0.448 e. The predicted molar refractivity (Wildman–Crippen MR) is 28.8 cm³/mol. The number of nitrogens with zero attached hydrogens (tertiary/aromatic N) is 2. The van der Waals surface area contributed by atoms with Crippen LogP contribution in [0.1, 0.15) is 0 Å². The molecule has 0 saturated carbocycles. The second-order valence-corrected chi connectivity index (χ2v) is 0.907. The van der Waals surface area contributed by atoms with Gasteiger partial charge in [-0.25, -0.2) is 9.59 Å². The summed E-state index contributed by atoms with van der Waals surface area (Å²) in [6, 6.07) is 0. The van der Waals surface area contributed by atoms with Crippen molar-refractivity contribution in [2.24, 2.45) is 10.7 Å². The molecule has 0 aliphatic heterocycles. The molecule has 0 aromatic carbocycles. The third-order valence-corrected chi connectivity index (χ3v) is 0.407. The summed E-state index contributed by atoms with van der Waals surface area (Å²) in [4.78, 5) is 44.5. The van der Waals surface area contributed by atoms with Crippen LogP contribution in [0, 0.1) is 9.81 Å². The molecular weight excluding hydrogens is 162 g/mol. The van der Waals surface area contributed by atoms with Crippen molar-refractivity contribution in [3.63, 3.8) is 0 Å². The van der Waals surface area contributed by atoms with Crippen LogP contribution in [0.2, 0.25) is 0 Å². The summed E-state index contributed by atoms with van der Waals surface area (Å²) >= 11 is 0. The molecule has 9 nitrogen and oxygen atoms in total. The lowest BCUT2D eigenvalue weighted by atomic mass is 10.7. The first-order valence-corrected chi connectivity index (χ1v) is 1.80. The summed E-state index contributed by atoms with van der Waals surface area (Å²) in [7, 11) is 0. The molecule has 0 fully saturated rings. The normalized spacial score (nSPS) is 6.91. The molecule has 3 N–H and O–H groups in total. The monoisotopic (exact) mass is 165 g/mol. The first kappa shape index (κ1) is 11.8. The minimum atomic E-state index is -1.70. The van der Waals surface area contributed by atoms with Crippen molar-refractivity contribution >= 4 is 11.9 Å². The van der Waals surface area contributed by atoms with E-state index in [0.29, 0.717) is 0 Å². The minimum Gasteiger partial charge on any atom is -0.344 e. The molecule has 62 valence electrons. The van der Waals surface area contributed by atoms with E-state index in [1.54, 1.807) is 10.7 Å². The molecule has 0 aliphatic rings. The molecule has 0 aromatic rings. The fraction of sp³-hybridized carbons (Fsp3) is 0. The number of hydrogen-bond acceptors (Lipinski definition) is 9. The molecule has 0 amide bonds. The molecular formula is C2H3N3O6. The molecule has 0 saturated heterocycles. The molecule has 0 unspecified atom stereocenters. The van der Waals surface area contributed by atoms with Gasteiger partial charge < -0.3 is 6.15 Å². The highest BCUT2D eigenvalue weighted by atomic mass is 16.8. The maximum atomic E-state index is 9.94. The van der Waals surface area contributed by atoms with Gasteiger partial charge in [0.1, 0.15) is 0 Å². The second-order valence-electron chi connectivity index (χ2n) is 0.907. The van der Waals surface area contributed by atoms with Crippen LogP contribution in [-0.4, -0.2) is 11.9 Å². The van der Waals surface area contributed by atoms with Crippen molar-refractivity contribution in [3.05, 3.63) is 9.81 Å². The number of hydrogen-bond donors (Lipinski definition) is 1. The van der Waals surface area contributed by atoms with E-state index in [-0.39, 0.29) is 6.15 Å². The zero-order valence-corrected chi connectivity index (χ0v) is 5.05. The molecule has 9 heteroatoms. The first-order chi connectivity index (χ1) is 4.72. The van der Waals surface area contributed by atoms with Crippen LogP contribution >= 0.6 is 0 Å². The lowest BCUT2D eigenvalue weighted by Gasteiger charge is -1.85. The Balaban J connectivity index is 0. The number of rotatable bonds is 2. The highest BCUT2D eigenvalue weighted by Gasteiger charge is 2.19. The Morgan fingerprint density at radius 2 is 1.18 bits per heavy atom. The van der Waals surface area contributed by atoms with Gasteiger partial charge in [0, 0.05) is 0 Å². The van der Waals surface area contributed by atoms with Crippen LogP contribution in [0.3, 0.4) is 0 Å². The van der Waals surface area contributed by atoms with Crippen molar-refractivity contribution in [2.75, 3.05) is 0 Å². The van der Waals surface area contributed by atoms with E-state index in [1.165, 1.54) is 0 Å². The van der Waals surface area contributed by atoms with Gasteiger partial charge in [-0.1, -0.05) is 0 Å². The van der Waals surface area contributed by atoms with Gasteiger partial charge in [0.25, 0.3) is 0 Å². The maximum absolute atomic E-state index is 9.94.